The maximum absolute atomic E-state index is 3.54. The molecule has 1 aromatic carbocycles. The SMILES string of the molecule is CCN(CC)CC1CNCc2ccc(C)cc21. The highest BCUT2D eigenvalue weighted by atomic mass is 15.1. The Hall–Kier alpha value is -0.860. The molecule has 0 bridgehead atoms. The van der Waals surface area contributed by atoms with E-state index in [1.807, 2.05) is 0 Å². The van der Waals surface area contributed by atoms with E-state index in [0.717, 1.165) is 26.2 Å². The van der Waals surface area contributed by atoms with Crippen LogP contribution in [0.5, 0.6) is 0 Å². The second-order valence-electron chi connectivity index (χ2n) is 5.02. The lowest BCUT2D eigenvalue weighted by Crippen LogP contribution is -2.36. The molecule has 1 unspecified atom stereocenters. The Labute approximate surface area is 105 Å². The fraction of sp³-hybridized carbons (Fsp3) is 0.600. The lowest BCUT2D eigenvalue weighted by molar-refractivity contribution is 0.275. The molecule has 0 aromatic heterocycles. The molecule has 1 aliphatic heterocycles. The van der Waals surface area contributed by atoms with E-state index in [0.29, 0.717) is 5.92 Å². The van der Waals surface area contributed by atoms with Crippen molar-refractivity contribution in [2.75, 3.05) is 26.2 Å². The Bertz CT molecular complexity index is 369. The van der Waals surface area contributed by atoms with Crippen molar-refractivity contribution in [2.45, 2.75) is 33.2 Å². The number of rotatable bonds is 4. The summed E-state index contributed by atoms with van der Waals surface area (Å²) in [6, 6.07) is 6.89. The molecule has 1 heterocycles. The second-order valence-corrected chi connectivity index (χ2v) is 5.02. The molecule has 1 atom stereocenters. The average molecular weight is 232 g/mol. The average Bonchev–Trinajstić information content (AvgIpc) is 2.36. The van der Waals surface area contributed by atoms with Gasteiger partial charge in [0.1, 0.15) is 0 Å². The van der Waals surface area contributed by atoms with Gasteiger partial charge in [-0.05, 0) is 31.1 Å². The molecule has 0 saturated carbocycles. The molecule has 1 N–H and O–H groups in total. The summed E-state index contributed by atoms with van der Waals surface area (Å²) < 4.78 is 0. The Morgan fingerprint density at radius 3 is 2.76 bits per heavy atom. The van der Waals surface area contributed by atoms with Crippen molar-refractivity contribution in [3.05, 3.63) is 34.9 Å². The quantitative estimate of drug-likeness (QED) is 0.858. The van der Waals surface area contributed by atoms with Gasteiger partial charge < -0.3 is 10.2 Å². The number of likely N-dealkylation sites (N-methyl/N-ethyl adjacent to an activating group) is 1. The first-order chi connectivity index (χ1) is 8.24. The van der Waals surface area contributed by atoms with Crippen LogP contribution in [0, 0.1) is 6.92 Å². The lowest BCUT2D eigenvalue weighted by Gasteiger charge is -2.31. The predicted octanol–water partition coefficient (Wildman–Crippen LogP) is 2.52. The van der Waals surface area contributed by atoms with E-state index < -0.39 is 0 Å². The standard InChI is InChI=1S/C15H24N2/c1-4-17(5-2)11-14-10-16-9-13-7-6-12(3)8-15(13)14/h6-8,14,16H,4-5,9-11H2,1-3H3. The molecule has 2 heteroatoms. The number of aryl methyl sites for hydroxylation is 1. The monoisotopic (exact) mass is 232 g/mol. The summed E-state index contributed by atoms with van der Waals surface area (Å²) >= 11 is 0. The molecule has 2 nitrogen and oxygen atoms in total. The number of nitrogens with zero attached hydrogens (tertiary/aromatic N) is 1. The van der Waals surface area contributed by atoms with E-state index in [1.54, 1.807) is 5.56 Å². The molecule has 0 radical (unpaired) electrons. The van der Waals surface area contributed by atoms with E-state index in [4.69, 9.17) is 0 Å². The largest absolute Gasteiger partial charge is 0.312 e. The summed E-state index contributed by atoms with van der Waals surface area (Å²) in [6.07, 6.45) is 0. The Morgan fingerprint density at radius 1 is 1.29 bits per heavy atom. The van der Waals surface area contributed by atoms with Gasteiger partial charge in [-0.15, -0.1) is 0 Å². The van der Waals surface area contributed by atoms with Crippen LogP contribution in [-0.4, -0.2) is 31.1 Å². The minimum absolute atomic E-state index is 0.651. The molecular formula is C15H24N2. The smallest absolute Gasteiger partial charge is 0.0208 e. The molecular weight excluding hydrogens is 208 g/mol. The van der Waals surface area contributed by atoms with Crippen LogP contribution in [0.2, 0.25) is 0 Å². The predicted molar refractivity (Wildman–Crippen MR) is 73.4 cm³/mol. The van der Waals surface area contributed by atoms with E-state index in [-0.39, 0.29) is 0 Å². The van der Waals surface area contributed by atoms with Crippen molar-refractivity contribution in [2.24, 2.45) is 0 Å². The van der Waals surface area contributed by atoms with Gasteiger partial charge in [-0.1, -0.05) is 37.6 Å². The number of nitrogens with one attached hydrogen (secondary N) is 1. The van der Waals surface area contributed by atoms with E-state index in [1.165, 1.54) is 17.7 Å². The molecule has 0 fully saturated rings. The van der Waals surface area contributed by atoms with Gasteiger partial charge in [0.05, 0.1) is 0 Å². The first-order valence-corrected chi connectivity index (χ1v) is 6.77. The van der Waals surface area contributed by atoms with Crippen molar-refractivity contribution in [1.29, 1.82) is 0 Å². The normalized spacial score (nSPS) is 19.4. The molecule has 2 rings (SSSR count). The van der Waals surface area contributed by atoms with Crippen molar-refractivity contribution in [3.8, 4) is 0 Å². The maximum Gasteiger partial charge on any atom is 0.0208 e. The van der Waals surface area contributed by atoms with E-state index in [9.17, 15) is 0 Å². The van der Waals surface area contributed by atoms with Crippen LogP contribution >= 0.6 is 0 Å². The van der Waals surface area contributed by atoms with Gasteiger partial charge in [-0.3, -0.25) is 0 Å². The minimum Gasteiger partial charge on any atom is -0.312 e. The molecule has 17 heavy (non-hydrogen) atoms. The zero-order chi connectivity index (χ0) is 12.3. The Balaban J connectivity index is 2.18. The van der Waals surface area contributed by atoms with E-state index in [2.05, 4.69) is 49.2 Å². The summed E-state index contributed by atoms with van der Waals surface area (Å²) in [7, 11) is 0. The third-order valence-electron chi connectivity index (χ3n) is 3.82. The van der Waals surface area contributed by atoms with Crippen molar-refractivity contribution in [1.82, 2.24) is 10.2 Å². The molecule has 0 aliphatic carbocycles. The molecule has 94 valence electrons. The topological polar surface area (TPSA) is 15.3 Å². The molecule has 0 spiro atoms. The van der Waals surface area contributed by atoms with Gasteiger partial charge in [-0.25, -0.2) is 0 Å². The Morgan fingerprint density at radius 2 is 2.06 bits per heavy atom. The number of fused-ring (bicyclic) bond motifs is 1. The van der Waals surface area contributed by atoms with Crippen molar-refractivity contribution >= 4 is 0 Å². The highest BCUT2D eigenvalue weighted by molar-refractivity contribution is 5.36. The maximum atomic E-state index is 3.54. The van der Waals surface area contributed by atoms with Crippen molar-refractivity contribution < 1.29 is 0 Å². The van der Waals surface area contributed by atoms with Crippen LogP contribution < -0.4 is 5.32 Å². The first-order valence-electron chi connectivity index (χ1n) is 6.77. The minimum atomic E-state index is 0.651. The molecule has 1 aliphatic rings. The number of hydrogen-bond acceptors (Lipinski definition) is 2. The fourth-order valence-corrected chi connectivity index (χ4v) is 2.70. The first kappa shape index (κ1) is 12.6. The van der Waals surface area contributed by atoms with Crippen LogP contribution in [0.3, 0.4) is 0 Å². The summed E-state index contributed by atoms with van der Waals surface area (Å²) in [5, 5.41) is 3.54. The summed E-state index contributed by atoms with van der Waals surface area (Å²) in [6.45, 7) is 12.3. The second kappa shape index (κ2) is 5.65. The van der Waals surface area contributed by atoms with E-state index >= 15 is 0 Å². The highest BCUT2D eigenvalue weighted by Gasteiger charge is 2.21. The van der Waals surface area contributed by atoms with Crippen molar-refractivity contribution in [3.63, 3.8) is 0 Å². The third-order valence-corrected chi connectivity index (χ3v) is 3.82. The van der Waals surface area contributed by atoms with Gasteiger partial charge >= 0.3 is 0 Å². The summed E-state index contributed by atoms with van der Waals surface area (Å²) in [4.78, 5) is 2.52. The third kappa shape index (κ3) is 2.88. The van der Waals surface area contributed by atoms with Crippen LogP contribution in [0.15, 0.2) is 18.2 Å². The van der Waals surface area contributed by atoms with Crippen LogP contribution in [0.4, 0.5) is 0 Å². The summed E-state index contributed by atoms with van der Waals surface area (Å²) in [5.41, 5.74) is 4.44. The zero-order valence-electron chi connectivity index (χ0n) is 11.3. The van der Waals surface area contributed by atoms with Gasteiger partial charge in [0.25, 0.3) is 0 Å². The Kier molecular flexibility index (Phi) is 4.19. The van der Waals surface area contributed by atoms with Crippen LogP contribution in [0.25, 0.3) is 0 Å². The zero-order valence-corrected chi connectivity index (χ0v) is 11.3. The highest BCUT2D eigenvalue weighted by Crippen LogP contribution is 2.25. The number of benzene rings is 1. The molecule has 1 aromatic rings. The summed E-state index contributed by atoms with van der Waals surface area (Å²) in [5.74, 6) is 0.651. The van der Waals surface area contributed by atoms with Gasteiger partial charge in [-0.2, -0.15) is 0 Å². The van der Waals surface area contributed by atoms with Gasteiger partial charge in [0.15, 0.2) is 0 Å². The van der Waals surface area contributed by atoms with Crippen LogP contribution in [-0.2, 0) is 6.54 Å². The molecule has 0 amide bonds. The van der Waals surface area contributed by atoms with Crippen LogP contribution in [0.1, 0.15) is 36.5 Å². The van der Waals surface area contributed by atoms with Gasteiger partial charge in [0, 0.05) is 25.6 Å². The fourth-order valence-electron chi connectivity index (χ4n) is 2.70. The lowest BCUT2D eigenvalue weighted by atomic mass is 9.89. The molecule has 0 saturated heterocycles. The van der Waals surface area contributed by atoms with Gasteiger partial charge in [0.2, 0.25) is 0 Å². The number of hydrogen-bond donors (Lipinski definition) is 1.